The van der Waals surface area contributed by atoms with Gasteiger partial charge in [-0.2, -0.15) is 5.10 Å². The Kier molecular flexibility index (Phi) is 10.9. The fourth-order valence-electron chi connectivity index (χ4n) is 3.92. The summed E-state index contributed by atoms with van der Waals surface area (Å²) in [6.45, 7) is 5.42. The first-order valence-corrected chi connectivity index (χ1v) is 13.2. The van der Waals surface area contributed by atoms with Gasteiger partial charge in [-0.25, -0.2) is 9.59 Å². The predicted molar refractivity (Wildman–Crippen MR) is 151 cm³/mol. The number of methoxy groups -OCH3 is 1. The number of nitro benzene ring substituents is 1. The number of hydrazone groups is 1. The summed E-state index contributed by atoms with van der Waals surface area (Å²) in [7, 11) is 1.25. The number of esters is 1. The van der Waals surface area contributed by atoms with Crippen LogP contribution in [0.5, 0.6) is 17.2 Å². The van der Waals surface area contributed by atoms with Crippen LogP contribution < -0.4 is 30.3 Å². The molecule has 0 saturated carbocycles. The number of ether oxygens (including phenoxy) is 4. The Morgan fingerprint density at radius 3 is 2.61 bits per heavy atom. The summed E-state index contributed by atoms with van der Waals surface area (Å²) in [5, 5.41) is 30.9. The number of carbonyl (C=O) groups is 2. The number of allylic oxidation sites excluding steroid dienone is 1. The molecule has 1 aliphatic heterocycles. The van der Waals surface area contributed by atoms with Gasteiger partial charge in [-0.05, 0) is 60.5 Å². The first-order chi connectivity index (χ1) is 19.6. The van der Waals surface area contributed by atoms with Crippen LogP contribution >= 0.6 is 15.9 Å². The molecule has 2 aromatic carbocycles. The average molecular weight is 636 g/mol. The fraction of sp³-hybridized carbons (Fsp3) is 0.346. The number of nitro groups is 1. The van der Waals surface area contributed by atoms with Crippen molar-refractivity contribution in [1.82, 2.24) is 16.1 Å². The van der Waals surface area contributed by atoms with Gasteiger partial charge in [0.25, 0.3) is 0 Å². The van der Waals surface area contributed by atoms with Crippen LogP contribution in [0.2, 0.25) is 0 Å². The number of rotatable bonds is 13. The van der Waals surface area contributed by atoms with E-state index in [-0.39, 0.29) is 30.2 Å². The van der Waals surface area contributed by atoms with E-state index in [1.807, 2.05) is 0 Å². The minimum Gasteiger partial charge on any atom is -0.490 e. The zero-order valence-electron chi connectivity index (χ0n) is 22.7. The van der Waals surface area contributed by atoms with E-state index >= 15 is 0 Å². The molecule has 15 heteroatoms. The van der Waals surface area contributed by atoms with Crippen LogP contribution in [0.3, 0.4) is 0 Å². The summed E-state index contributed by atoms with van der Waals surface area (Å²) in [4.78, 5) is 35.3. The molecule has 1 aliphatic rings. The summed E-state index contributed by atoms with van der Waals surface area (Å²) in [6.07, 6.45) is 0.0560. The molecule has 2 amide bonds. The molecule has 0 saturated heterocycles. The number of hydrogen-bond acceptors (Lipinski definition) is 11. The third-order valence-corrected chi connectivity index (χ3v) is 6.23. The molecule has 3 rings (SSSR count). The molecule has 220 valence electrons. The van der Waals surface area contributed by atoms with Gasteiger partial charge in [0, 0.05) is 17.3 Å². The predicted octanol–water partition coefficient (Wildman–Crippen LogP) is 3.28. The zero-order chi connectivity index (χ0) is 30.1. The standard InChI is InChI=1S/C26H30BrN5O9/c1-5-39-20-11-16(23-22(25(34)38-4)14(3)29-26(35)30-23)7-8-19(20)41-13-21(33)31-28-12-15-9-17(27)24(40-6-2)18(10-15)32(36)37/h7-12,21,23,31,33H,5-6,13H2,1-4H3,(H2,29,30,35)/b28-12+/t21-,23-/m1/s1. The van der Waals surface area contributed by atoms with E-state index in [4.69, 9.17) is 18.9 Å². The molecule has 14 nitrogen and oxygen atoms in total. The van der Waals surface area contributed by atoms with Gasteiger partial charge < -0.3 is 34.7 Å². The number of benzene rings is 2. The molecule has 0 unspecified atom stereocenters. The Bertz CT molecular complexity index is 1370. The maximum absolute atomic E-state index is 12.4. The summed E-state index contributed by atoms with van der Waals surface area (Å²) < 4.78 is 22.0. The Hall–Kier alpha value is -4.37. The van der Waals surface area contributed by atoms with Crippen LogP contribution in [-0.4, -0.2) is 61.4 Å². The van der Waals surface area contributed by atoms with Crippen molar-refractivity contribution in [3.63, 3.8) is 0 Å². The number of amides is 2. The summed E-state index contributed by atoms with van der Waals surface area (Å²) in [6, 6.07) is 6.50. The lowest BCUT2D eigenvalue weighted by atomic mass is 9.95. The van der Waals surface area contributed by atoms with Gasteiger partial charge in [-0.1, -0.05) is 6.07 Å². The number of aliphatic hydroxyl groups is 1. The van der Waals surface area contributed by atoms with Crippen molar-refractivity contribution in [2.45, 2.75) is 33.0 Å². The van der Waals surface area contributed by atoms with E-state index in [9.17, 15) is 24.8 Å². The monoisotopic (exact) mass is 635 g/mol. The van der Waals surface area contributed by atoms with E-state index in [0.717, 1.165) is 0 Å². The van der Waals surface area contributed by atoms with Crippen molar-refractivity contribution in [2.24, 2.45) is 5.10 Å². The van der Waals surface area contributed by atoms with Gasteiger partial charge in [0.1, 0.15) is 6.61 Å². The molecule has 0 fully saturated rings. The highest BCUT2D eigenvalue weighted by Crippen LogP contribution is 2.36. The lowest BCUT2D eigenvalue weighted by molar-refractivity contribution is -0.385. The van der Waals surface area contributed by atoms with Crippen LogP contribution in [0.15, 0.2) is 51.2 Å². The highest BCUT2D eigenvalue weighted by molar-refractivity contribution is 9.10. The van der Waals surface area contributed by atoms with Crippen molar-refractivity contribution < 1.29 is 38.6 Å². The third-order valence-electron chi connectivity index (χ3n) is 5.64. The van der Waals surface area contributed by atoms with Crippen LogP contribution in [0.25, 0.3) is 0 Å². The maximum Gasteiger partial charge on any atom is 0.337 e. The smallest absolute Gasteiger partial charge is 0.337 e. The molecule has 0 aromatic heterocycles. The second-order valence-corrected chi connectivity index (χ2v) is 9.31. The quantitative estimate of drug-likeness (QED) is 0.0837. The first-order valence-electron chi connectivity index (χ1n) is 12.4. The van der Waals surface area contributed by atoms with Crippen molar-refractivity contribution in [3.05, 3.63) is 67.3 Å². The Labute approximate surface area is 244 Å². The lowest BCUT2D eigenvalue weighted by Gasteiger charge is -2.28. The minimum atomic E-state index is -1.25. The van der Waals surface area contributed by atoms with Gasteiger partial charge >= 0.3 is 17.7 Å². The molecule has 0 spiro atoms. The number of urea groups is 1. The molecule has 2 aromatic rings. The molecule has 1 heterocycles. The molecule has 0 aliphatic carbocycles. The molecular weight excluding hydrogens is 606 g/mol. The van der Waals surface area contributed by atoms with Crippen molar-refractivity contribution in [1.29, 1.82) is 0 Å². The maximum atomic E-state index is 12.4. The summed E-state index contributed by atoms with van der Waals surface area (Å²) in [5.41, 5.74) is 3.81. The molecule has 2 atom stereocenters. The van der Waals surface area contributed by atoms with Gasteiger partial charge in [-0.3, -0.25) is 15.5 Å². The number of hydrogen-bond donors (Lipinski definition) is 4. The van der Waals surface area contributed by atoms with E-state index in [1.165, 1.54) is 19.4 Å². The normalized spacial score (nSPS) is 15.6. The molecular formula is C26H30BrN5O9. The molecule has 0 bridgehead atoms. The lowest BCUT2D eigenvalue weighted by Crippen LogP contribution is -2.45. The van der Waals surface area contributed by atoms with Gasteiger partial charge in [0.15, 0.2) is 17.7 Å². The third kappa shape index (κ3) is 7.85. The summed E-state index contributed by atoms with van der Waals surface area (Å²) >= 11 is 3.27. The summed E-state index contributed by atoms with van der Waals surface area (Å²) in [5.74, 6) is 0.136. The van der Waals surface area contributed by atoms with Crippen molar-refractivity contribution >= 4 is 39.8 Å². The molecule has 4 N–H and O–H groups in total. The number of carbonyl (C=O) groups excluding carboxylic acids is 2. The van der Waals surface area contributed by atoms with Crippen LogP contribution in [0.4, 0.5) is 10.5 Å². The van der Waals surface area contributed by atoms with E-state index in [1.54, 1.807) is 45.0 Å². The highest BCUT2D eigenvalue weighted by atomic mass is 79.9. The SMILES string of the molecule is CCOc1cc([C@H]2NC(=O)NC(C)=C2C(=O)OC)ccc1OC[C@@H](O)N/N=C/c1cc(Br)c(OCC)c([N+](=O)[O-])c1. The van der Waals surface area contributed by atoms with Crippen molar-refractivity contribution in [2.75, 3.05) is 26.9 Å². The second-order valence-electron chi connectivity index (χ2n) is 8.46. The van der Waals surface area contributed by atoms with E-state index in [2.05, 4.69) is 37.1 Å². The molecule has 0 radical (unpaired) electrons. The first kappa shape index (κ1) is 31.2. The zero-order valence-corrected chi connectivity index (χ0v) is 24.3. The van der Waals surface area contributed by atoms with Gasteiger partial charge in [0.2, 0.25) is 5.75 Å². The topological polar surface area (TPSA) is 183 Å². The van der Waals surface area contributed by atoms with E-state index < -0.39 is 29.2 Å². The van der Waals surface area contributed by atoms with Crippen LogP contribution in [-0.2, 0) is 9.53 Å². The highest BCUT2D eigenvalue weighted by Gasteiger charge is 2.32. The fourth-order valence-corrected chi connectivity index (χ4v) is 4.50. The number of nitrogens with one attached hydrogen (secondary N) is 3. The number of halogens is 1. The van der Waals surface area contributed by atoms with E-state index in [0.29, 0.717) is 39.4 Å². The van der Waals surface area contributed by atoms with Crippen molar-refractivity contribution in [3.8, 4) is 17.2 Å². The Morgan fingerprint density at radius 1 is 1.22 bits per heavy atom. The van der Waals surface area contributed by atoms with Gasteiger partial charge in [0.05, 0.1) is 47.5 Å². The van der Waals surface area contributed by atoms with Crippen LogP contribution in [0.1, 0.15) is 37.9 Å². The van der Waals surface area contributed by atoms with Gasteiger partial charge in [-0.15, -0.1) is 0 Å². The Morgan fingerprint density at radius 2 is 1.95 bits per heavy atom. The Balaban J connectivity index is 1.71. The minimum absolute atomic E-state index is 0.113. The number of aliphatic hydroxyl groups excluding tert-OH is 1. The number of nitrogens with zero attached hydrogens (tertiary/aromatic N) is 2. The average Bonchev–Trinajstić information content (AvgIpc) is 2.92. The second kappa shape index (κ2) is 14.3. The van der Waals surface area contributed by atoms with Crippen LogP contribution in [0, 0.1) is 10.1 Å². The largest absolute Gasteiger partial charge is 0.490 e. The molecule has 41 heavy (non-hydrogen) atoms.